The molecule has 3 nitrogen and oxygen atoms in total. The molecule has 0 bridgehead atoms. The van der Waals surface area contributed by atoms with Crippen LogP contribution in [0.2, 0.25) is 0 Å². The van der Waals surface area contributed by atoms with Gasteiger partial charge in [0.25, 0.3) is 5.24 Å². The minimum Gasteiger partial charge on any atom is -0.274 e. The summed E-state index contributed by atoms with van der Waals surface area (Å²) in [6, 6.07) is 0. The zero-order valence-electron chi connectivity index (χ0n) is 4.82. The maximum absolute atomic E-state index is 10.3. The molecule has 0 aliphatic carbocycles. The second-order valence-electron chi connectivity index (χ2n) is 1.36. The number of rotatable bonds is 1. The van der Waals surface area contributed by atoms with Crippen LogP contribution in [-0.4, -0.2) is 15.2 Å². The lowest BCUT2D eigenvalue weighted by atomic mass is 10.5. The zero-order valence-corrected chi connectivity index (χ0v) is 6.39. The van der Waals surface area contributed by atoms with Gasteiger partial charge in [0.2, 0.25) is 0 Å². The zero-order chi connectivity index (χ0) is 6.69. The summed E-state index contributed by atoms with van der Waals surface area (Å²) < 4.78 is 0. The van der Waals surface area contributed by atoms with Crippen LogP contribution in [0.3, 0.4) is 0 Å². The first-order valence-corrected chi connectivity index (χ1v) is 2.64. The third-order valence-corrected chi connectivity index (χ3v) is 0.958. The summed E-state index contributed by atoms with van der Waals surface area (Å²) in [5.41, 5.74) is 0.180. The van der Waals surface area contributed by atoms with Gasteiger partial charge in [-0.2, -0.15) is 0 Å². The van der Waals surface area contributed by atoms with Gasteiger partial charge in [-0.3, -0.25) is 9.78 Å². The minimum absolute atomic E-state index is 0. The van der Waals surface area contributed by atoms with Crippen molar-refractivity contribution in [3.8, 4) is 0 Å². The molecular formula is C5H4Cl2N2O. The average molecular weight is 179 g/mol. The van der Waals surface area contributed by atoms with E-state index in [0.29, 0.717) is 0 Å². The molecule has 1 rings (SSSR count). The predicted octanol–water partition coefficient (Wildman–Crippen LogP) is 1.28. The molecule has 0 aliphatic heterocycles. The first-order chi connectivity index (χ1) is 4.30. The minimum atomic E-state index is -0.580. The third-order valence-electron chi connectivity index (χ3n) is 0.765. The van der Waals surface area contributed by atoms with Crippen LogP contribution in [-0.2, 0) is 0 Å². The molecule has 1 heterocycles. The highest BCUT2D eigenvalue weighted by molar-refractivity contribution is 6.67. The van der Waals surface area contributed by atoms with Gasteiger partial charge in [0, 0.05) is 12.4 Å². The summed E-state index contributed by atoms with van der Waals surface area (Å²) in [5.74, 6) is 0. The smallest absolute Gasteiger partial charge is 0.272 e. The second kappa shape index (κ2) is 4.19. The molecular weight excluding hydrogens is 175 g/mol. The molecule has 0 aromatic carbocycles. The lowest BCUT2D eigenvalue weighted by molar-refractivity contribution is 0.107. The quantitative estimate of drug-likeness (QED) is 0.609. The molecule has 0 saturated heterocycles. The maximum Gasteiger partial charge on any atom is 0.272 e. The molecule has 5 heteroatoms. The highest BCUT2D eigenvalue weighted by Gasteiger charge is 1.99. The molecule has 0 aliphatic rings. The number of halogens is 2. The van der Waals surface area contributed by atoms with E-state index in [2.05, 4.69) is 9.97 Å². The van der Waals surface area contributed by atoms with Crippen LogP contribution in [0.25, 0.3) is 0 Å². The van der Waals surface area contributed by atoms with Gasteiger partial charge in [-0.15, -0.1) is 12.4 Å². The topological polar surface area (TPSA) is 42.9 Å². The van der Waals surface area contributed by atoms with E-state index in [9.17, 15) is 4.79 Å². The first kappa shape index (κ1) is 9.33. The van der Waals surface area contributed by atoms with Gasteiger partial charge in [0.05, 0.1) is 6.20 Å². The Hall–Kier alpha value is -0.670. The van der Waals surface area contributed by atoms with Crippen molar-refractivity contribution in [3.05, 3.63) is 24.3 Å². The van der Waals surface area contributed by atoms with E-state index in [1.165, 1.54) is 18.6 Å². The van der Waals surface area contributed by atoms with Gasteiger partial charge in [-0.1, -0.05) is 0 Å². The van der Waals surface area contributed by atoms with Crippen molar-refractivity contribution < 1.29 is 4.79 Å². The lowest BCUT2D eigenvalue weighted by Gasteiger charge is -1.85. The summed E-state index contributed by atoms with van der Waals surface area (Å²) in [5, 5.41) is -0.580. The molecule has 0 fully saturated rings. The van der Waals surface area contributed by atoms with Gasteiger partial charge < -0.3 is 0 Å². The number of nitrogens with zero attached hydrogens (tertiary/aromatic N) is 2. The van der Waals surface area contributed by atoms with Gasteiger partial charge in [-0.05, 0) is 11.6 Å². The van der Waals surface area contributed by atoms with E-state index in [0.717, 1.165) is 0 Å². The lowest BCUT2D eigenvalue weighted by Crippen LogP contribution is -1.92. The van der Waals surface area contributed by atoms with Gasteiger partial charge in [-0.25, -0.2) is 4.98 Å². The molecule has 0 amide bonds. The van der Waals surface area contributed by atoms with Gasteiger partial charge >= 0.3 is 0 Å². The molecule has 54 valence electrons. The van der Waals surface area contributed by atoms with Crippen LogP contribution in [0.5, 0.6) is 0 Å². The van der Waals surface area contributed by atoms with Crippen molar-refractivity contribution >= 4 is 29.3 Å². The molecule has 0 saturated carbocycles. The fourth-order valence-electron chi connectivity index (χ4n) is 0.401. The number of carbonyl (C=O) groups excluding carboxylic acids is 1. The van der Waals surface area contributed by atoms with Crippen molar-refractivity contribution in [2.75, 3.05) is 0 Å². The summed E-state index contributed by atoms with van der Waals surface area (Å²) in [6.45, 7) is 0. The monoisotopic (exact) mass is 178 g/mol. The maximum atomic E-state index is 10.3. The van der Waals surface area contributed by atoms with Gasteiger partial charge in [0.15, 0.2) is 0 Å². The highest BCUT2D eigenvalue weighted by atomic mass is 35.5. The number of hydrogen-bond acceptors (Lipinski definition) is 3. The van der Waals surface area contributed by atoms with Crippen LogP contribution < -0.4 is 0 Å². The van der Waals surface area contributed by atoms with E-state index in [1.807, 2.05) is 0 Å². The Morgan fingerprint density at radius 3 is 2.50 bits per heavy atom. The summed E-state index contributed by atoms with van der Waals surface area (Å²) in [6.07, 6.45) is 4.20. The highest BCUT2D eigenvalue weighted by Crippen LogP contribution is 1.94. The van der Waals surface area contributed by atoms with E-state index in [1.54, 1.807) is 0 Å². The molecule has 1 aromatic rings. The van der Waals surface area contributed by atoms with E-state index in [4.69, 9.17) is 11.6 Å². The van der Waals surface area contributed by atoms with Crippen LogP contribution in [0.1, 0.15) is 10.5 Å². The normalized spacial score (nSPS) is 8.10. The number of carbonyl (C=O) groups is 1. The van der Waals surface area contributed by atoms with Gasteiger partial charge in [0.1, 0.15) is 5.69 Å². The van der Waals surface area contributed by atoms with E-state index >= 15 is 0 Å². The summed E-state index contributed by atoms with van der Waals surface area (Å²) in [4.78, 5) is 17.6. The molecule has 10 heavy (non-hydrogen) atoms. The van der Waals surface area contributed by atoms with Crippen molar-refractivity contribution in [2.24, 2.45) is 0 Å². The molecule has 0 atom stereocenters. The average Bonchev–Trinajstić information content (AvgIpc) is 1.90. The third kappa shape index (κ3) is 2.29. The molecule has 0 unspecified atom stereocenters. The Morgan fingerprint density at radius 2 is 2.20 bits per heavy atom. The van der Waals surface area contributed by atoms with Crippen LogP contribution in [0.4, 0.5) is 0 Å². The fraction of sp³-hybridized carbons (Fsp3) is 0. The molecule has 0 radical (unpaired) electrons. The van der Waals surface area contributed by atoms with Crippen molar-refractivity contribution in [1.29, 1.82) is 0 Å². The van der Waals surface area contributed by atoms with Crippen LogP contribution in [0, 0.1) is 0 Å². The fourth-order valence-corrected chi connectivity index (χ4v) is 0.498. The summed E-state index contributed by atoms with van der Waals surface area (Å²) >= 11 is 5.06. The Kier molecular flexibility index (Phi) is 3.91. The molecule has 1 aromatic heterocycles. The molecule has 0 N–H and O–H groups in total. The Labute approximate surface area is 68.9 Å². The molecule has 0 spiro atoms. The summed E-state index contributed by atoms with van der Waals surface area (Å²) in [7, 11) is 0. The second-order valence-corrected chi connectivity index (χ2v) is 1.71. The Morgan fingerprint density at radius 1 is 1.50 bits per heavy atom. The first-order valence-electron chi connectivity index (χ1n) is 2.26. The number of aromatic nitrogens is 2. The van der Waals surface area contributed by atoms with E-state index < -0.39 is 5.24 Å². The SMILES string of the molecule is Cl.O=C(Cl)c1cnccn1. The van der Waals surface area contributed by atoms with Crippen molar-refractivity contribution in [2.45, 2.75) is 0 Å². The standard InChI is InChI=1S/C5H3ClN2O.ClH/c6-5(9)4-3-7-1-2-8-4;/h1-3H;1H. The van der Waals surface area contributed by atoms with Crippen LogP contribution in [0.15, 0.2) is 18.6 Å². The predicted molar refractivity (Wildman–Crippen MR) is 39.5 cm³/mol. The Balaban J connectivity index is 0.000000810. The van der Waals surface area contributed by atoms with E-state index in [-0.39, 0.29) is 18.1 Å². The van der Waals surface area contributed by atoms with Crippen LogP contribution >= 0.6 is 24.0 Å². The number of hydrogen-bond donors (Lipinski definition) is 0. The Bertz CT molecular complexity index is 214. The van der Waals surface area contributed by atoms with Crippen molar-refractivity contribution in [3.63, 3.8) is 0 Å². The van der Waals surface area contributed by atoms with Crippen molar-refractivity contribution in [1.82, 2.24) is 9.97 Å². The largest absolute Gasteiger partial charge is 0.274 e.